The van der Waals surface area contributed by atoms with Crippen LogP contribution in [0.3, 0.4) is 0 Å². The van der Waals surface area contributed by atoms with Crippen molar-refractivity contribution in [3.05, 3.63) is 28.3 Å². The van der Waals surface area contributed by atoms with Gasteiger partial charge in [-0.05, 0) is 24.3 Å². The van der Waals surface area contributed by atoms with Gasteiger partial charge in [0.25, 0.3) is 0 Å². The smallest absolute Gasteiger partial charge is 0.322 e. The van der Waals surface area contributed by atoms with Crippen molar-refractivity contribution >= 4 is 23.3 Å². The molecule has 7 heteroatoms. The summed E-state index contributed by atoms with van der Waals surface area (Å²) in [6, 6.07) is 3.96. The van der Waals surface area contributed by atoms with Crippen molar-refractivity contribution in [2.24, 2.45) is 0 Å². The zero-order valence-electron chi connectivity index (χ0n) is 10.2. The van der Waals surface area contributed by atoms with Gasteiger partial charge in [0.1, 0.15) is 6.10 Å². The first-order chi connectivity index (χ1) is 9.31. The predicted molar refractivity (Wildman–Crippen MR) is 68.9 cm³/mol. The molecule has 100 valence electrons. The Hall–Kier alpha value is -1.73. The average Bonchev–Trinajstić information content (AvgIpc) is 3.09. The third-order valence-corrected chi connectivity index (χ3v) is 3.68. The zero-order valence-corrected chi connectivity index (χ0v) is 11.0. The predicted octanol–water partition coefficient (Wildman–Crippen LogP) is 2.16. The average molecular weight is 279 g/mol. The molecule has 0 radical (unpaired) electrons. The largest absolute Gasteiger partial charge is 0.405 e. The SMILES string of the molecule is O=C(Cc1cccs1)Nc1nnc(C2CCCO2)o1. The van der Waals surface area contributed by atoms with E-state index in [4.69, 9.17) is 9.15 Å². The number of ether oxygens (including phenoxy) is 1. The molecule has 1 amide bonds. The topological polar surface area (TPSA) is 77.2 Å². The van der Waals surface area contributed by atoms with E-state index in [2.05, 4.69) is 15.5 Å². The fourth-order valence-corrected chi connectivity index (χ4v) is 2.63. The molecule has 2 aromatic rings. The van der Waals surface area contributed by atoms with Gasteiger partial charge >= 0.3 is 6.01 Å². The van der Waals surface area contributed by atoms with Gasteiger partial charge in [-0.15, -0.1) is 16.4 Å². The number of carbonyl (C=O) groups excluding carboxylic acids is 1. The van der Waals surface area contributed by atoms with Crippen LogP contribution in [0.5, 0.6) is 0 Å². The van der Waals surface area contributed by atoms with Crippen molar-refractivity contribution < 1.29 is 13.9 Å². The summed E-state index contributed by atoms with van der Waals surface area (Å²) in [5.74, 6) is 0.272. The normalized spacial score (nSPS) is 18.6. The molecule has 0 bridgehead atoms. The quantitative estimate of drug-likeness (QED) is 0.928. The Labute approximate surface area is 113 Å². The first-order valence-corrected chi connectivity index (χ1v) is 6.96. The van der Waals surface area contributed by atoms with Gasteiger partial charge in [0.2, 0.25) is 11.8 Å². The summed E-state index contributed by atoms with van der Waals surface area (Å²) in [5.41, 5.74) is 0. The Morgan fingerprint density at radius 3 is 3.21 bits per heavy atom. The van der Waals surface area contributed by atoms with E-state index in [1.165, 1.54) is 11.3 Å². The van der Waals surface area contributed by atoms with Gasteiger partial charge in [0.05, 0.1) is 6.42 Å². The summed E-state index contributed by atoms with van der Waals surface area (Å²) >= 11 is 1.54. The van der Waals surface area contributed by atoms with Gasteiger partial charge in [-0.2, -0.15) is 0 Å². The summed E-state index contributed by atoms with van der Waals surface area (Å²) in [7, 11) is 0. The Kier molecular flexibility index (Phi) is 3.56. The van der Waals surface area contributed by atoms with Crippen LogP contribution in [0.1, 0.15) is 29.7 Å². The van der Waals surface area contributed by atoms with Crippen LogP contribution < -0.4 is 5.32 Å². The molecule has 1 unspecified atom stereocenters. The van der Waals surface area contributed by atoms with Crippen molar-refractivity contribution in [2.75, 3.05) is 11.9 Å². The fourth-order valence-electron chi connectivity index (χ4n) is 1.92. The molecule has 19 heavy (non-hydrogen) atoms. The Bertz CT molecular complexity index is 546. The highest BCUT2D eigenvalue weighted by molar-refractivity contribution is 7.10. The number of nitrogens with zero attached hydrogens (tertiary/aromatic N) is 2. The molecule has 3 rings (SSSR count). The maximum Gasteiger partial charge on any atom is 0.322 e. The lowest BCUT2D eigenvalue weighted by Gasteiger charge is -2.01. The number of hydrogen-bond acceptors (Lipinski definition) is 6. The molecular weight excluding hydrogens is 266 g/mol. The van der Waals surface area contributed by atoms with E-state index in [9.17, 15) is 4.79 Å². The van der Waals surface area contributed by atoms with Gasteiger partial charge in [-0.1, -0.05) is 11.2 Å². The number of aromatic nitrogens is 2. The summed E-state index contributed by atoms with van der Waals surface area (Å²) in [6.07, 6.45) is 2.06. The summed E-state index contributed by atoms with van der Waals surface area (Å²) in [5, 5.41) is 12.2. The zero-order chi connectivity index (χ0) is 13.1. The van der Waals surface area contributed by atoms with Crippen molar-refractivity contribution in [3.63, 3.8) is 0 Å². The summed E-state index contributed by atoms with van der Waals surface area (Å²) in [4.78, 5) is 12.7. The molecule has 1 aliphatic rings. The van der Waals surface area contributed by atoms with Crippen LogP contribution in [-0.2, 0) is 16.0 Å². The number of nitrogens with one attached hydrogen (secondary N) is 1. The van der Waals surface area contributed by atoms with Gasteiger partial charge in [-0.3, -0.25) is 10.1 Å². The van der Waals surface area contributed by atoms with Crippen molar-refractivity contribution in [1.29, 1.82) is 0 Å². The van der Waals surface area contributed by atoms with Crippen LogP contribution in [0.2, 0.25) is 0 Å². The van der Waals surface area contributed by atoms with Crippen LogP contribution in [0.25, 0.3) is 0 Å². The molecule has 0 aliphatic carbocycles. The van der Waals surface area contributed by atoms with E-state index in [1.807, 2.05) is 17.5 Å². The number of hydrogen-bond donors (Lipinski definition) is 1. The molecule has 1 atom stereocenters. The third-order valence-electron chi connectivity index (χ3n) is 2.81. The molecule has 1 fully saturated rings. The van der Waals surface area contributed by atoms with Crippen LogP contribution in [0.4, 0.5) is 6.01 Å². The van der Waals surface area contributed by atoms with E-state index >= 15 is 0 Å². The van der Waals surface area contributed by atoms with E-state index in [-0.39, 0.29) is 18.0 Å². The number of amides is 1. The lowest BCUT2D eigenvalue weighted by molar-refractivity contribution is -0.115. The van der Waals surface area contributed by atoms with Gasteiger partial charge in [0, 0.05) is 11.5 Å². The molecule has 1 N–H and O–H groups in total. The Balaban J connectivity index is 1.59. The minimum Gasteiger partial charge on any atom is -0.405 e. The van der Waals surface area contributed by atoms with Gasteiger partial charge < -0.3 is 9.15 Å². The highest BCUT2D eigenvalue weighted by atomic mass is 32.1. The molecule has 0 saturated carbocycles. The molecule has 3 heterocycles. The second kappa shape index (κ2) is 5.50. The van der Waals surface area contributed by atoms with Crippen LogP contribution >= 0.6 is 11.3 Å². The maximum atomic E-state index is 11.7. The second-order valence-corrected chi connectivity index (χ2v) is 5.28. The second-order valence-electron chi connectivity index (χ2n) is 4.25. The Morgan fingerprint density at radius 1 is 1.53 bits per heavy atom. The van der Waals surface area contributed by atoms with Crippen molar-refractivity contribution in [3.8, 4) is 0 Å². The van der Waals surface area contributed by atoms with E-state index in [1.54, 1.807) is 0 Å². The van der Waals surface area contributed by atoms with E-state index in [0.29, 0.717) is 18.9 Å². The molecule has 0 aromatic carbocycles. The first-order valence-electron chi connectivity index (χ1n) is 6.08. The molecule has 6 nitrogen and oxygen atoms in total. The molecule has 2 aromatic heterocycles. The lowest BCUT2D eigenvalue weighted by Crippen LogP contribution is -2.13. The van der Waals surface area contributed by atoms with E-state index in [0.717, 1.165) is 17.7 Å². The first kappa shape index (κ1) is 12.3. The van der Waals surface area contributed by atoms with Gasteiger partial charge in [-0.25, -0.2) is 0 Å². The molecule has 1 saturated heterocycles. The highest BCUT2D eigenvalue weighted by Crippen LogP contribution is 2.28. The summed E-state index contributed by atoms with van der Waals surface area (Å²) < 4.78 is 10.8. The number of thiophene rings is 1. The van der Waals surface area contributed by atoms with Crippen LogP contribution in [-0.4, -0.2) is 22.7 Å². The van der Waals surface area contributed by atoms with Crippen molar-refractivity contribution in [1.82, 2.24) is 10.2 Å². The highest BCUT2D eigenvalue weighted by Gasteiger charge is 2.24. The third kappa shape index (κ3) is 2.99. The summed E-state index contributed by atoms with van der Waals surface area (Å²) in [6.45, 7) is 0.715. The van der Waals surface area contributed by atoms with Crippen molar-refractivity contribution in [2.45, 2.75) is 25.4 Å². The maximum absolute atomic E-state index is 11.7. The lowest BCUT2D eigenvalue weighted by atomic mass is 10.2. The standard InChI is InChI=1S/C12H13N3O3S/c16-10(7-8-3-2-6-19-8)13-12-15-14-11(18-12)9-4-1-5-17-9/h2-3,6,9H,1,4-5,7H2,(H,13,15,16). The van der Waals surface area contributed by atoms with Crippen LogP contribution in [0, 0.1) is 0 Å². The number of carbonyl (C=O) groups is 1. The fraction of sp³-hybridized carbons (Fsp3) is 0.417. The Morgan fingerprint density at radius 2 is 2.47 bits per heavy atom. The minimum absolute atomic E-state index is 0.129. The number of anilines is 1. The van der Waals surface area contributed by atoms with Crippen LogP contribution in [0.15, 0.2) is 21.9 Å². The molecule has 0 spiro atoms. The number of rotatable bonds is 4. The monoisotopic (exact) mass is 279 g/mol. The molecule has 1 aliphatic heterocycles. The van der Waals surface area contributed by atoms with Gasteiger partial charge in [0.15, 0.2) is 0 Å². The van der Waals surface area contributed by atoms with E-state index < -0.39 is 0 Å². The minimum atomic E-state index is -0.162. The molecular formula is C12H13N3O3S.